The van der Waals surface area contributed by atoms with E-state index >= 15 is 0 Å². The van der Waals surface area contributed by atoms with Crippen LogP contribution in [0.5, 0.6) is 0 Å². The minimum Gasteiger partial charge on any atom is -0.461 e. The number of nitrogen functional groups attached to an aromatic ring is 1. The summed E-state index contributed by atoms with van der Waals surface area (Å²) in [4.78, 5) is 21.5. The second kappa shape index (κ2) is 7.23. The molecule has 1 aliphatic carbocycles. The minimum atomic E-state index is -0.534. The second-order valence-corrected chi connectivity index (χ2v) is 5.49. The van der Waals surface area contributed by atoms with E-state index in [-0.39, 0.29) is 18.4 Å². The van der Waals surface area contributed by atoms with E-state index in [0.29, 0.717) is 10.8 Å². The van der Waals surface area contributed by atoms with Gasteiger partial charge < -0.3 is 15.3 Å². The third kappa shape index (κ3) is 3.93. The van der Waals surface area contributed by atoms with Crippen LogP contribution in [-0.4, -0.2) is 29.4 Å². The summed E-state index contributed by atoms with van der Waals surface area (Å²) in [7, 11) is 0. The first-order valence-corrected chi connectivity index (χ1v) is 7.71. The molecule has 0 aliphatic heterocycles. The molecule has 1 aliphatic rings. The van der Waals surface area contributed by atoms with Gasteiger partial charge in [0, 0.05) is 5.38 Å². The number of ether oxygens (including phenoxy) is 1. The lowest BCUT2D eigenvalue weighted by atomic mass is 9.98. The Hall–Kier alpha value is -1.63. The van der Waals surface area contributed by atoms with E-state index in [2.05, 4.69) is 10.1 Å². The lowest BCUT2D eigenvalue weighted by Gasteiger charge is -2.19. The molecular formula is C13H19N3O3S. The first-order chi connectivity index (χ1) is 9.70. The minimum absolute atomic E-state index is 0.0733. The molecule has 0 unspecified atom stereocenters. The molecule has 6 nitrogen and oxygen atoms in total. The van der Waals surface area contributed by atoms with Gasteiger partial charge in [-0.15, -0.1) is 11.3 Å². The van der Waals surface area contributed by atoms with Crippen molar-refractivity contribution in [2.45, 2.75) is 45.1 Å². The normalized spacial score (nSPS) is 16.9. The van der Waals surface area contributed by atoms with Gasteiger partial charge in [0.05, 0.1) is 6.61 Å². The van der Waals surface area contributed by atoms with E-state index in [9.17, 15) is 4.79 Å². The summed E-state index contributed by atoms with van der Waals surface area (Å²) >= 11 is 1.25. The van der Waals surface area contributed by atoms with Gasteiger partial charge >= 0.3 is 5.97 Å². The van der Waals surface area contributed by atoms with Crippen LogP contribution in [0.15, 0.2) is 10.5 Å². The Kier molecular flexibility index (Phi) is 5.34. The van der Waals surface area contributed by atoms with Gasteiger partial charge in [-0.05, 0) is 32.6 Å². The van der Waals surface area contributed by atoms with Crippen LogP contribution in [0, 0.1) is 0 Å². The van der Waals surface area contributed by atoms with E-state index in [4.69, 9.17) is 15.3 Å². The van der Waals surface area contributed by atoms with Crippen LogP contribution in [0.1, 0.15) is 44.7 Å². The number of nitrogens with two attached hydrogens (primary N) is 1. The topological polar surface area (TPSA) is 86.8 Å². The van der Waals surface area contributed by atoms with E-state index < -0.39 is 5.97 Å². The first-order valence-electron chi connectivity index (χ1n) is 6.83. The molecule has 0 radical (unpaired) electrons. The SMILES string of the molecule is CCOC(=O)C(=NOC1CCCCC1)c1csc(N)n1. The van der Waals surface area contributed by atoms with E-state index in [1.165, 1.54) is 17.8 Å². The summed E-state index contributed by atoms with van der Waals surface area (Å²) in [6, 6.07) is 0. The summed E-state index contributed by atoms with van der Waals surface area (Å²) in [5, 5.41) is 6.04. The lowest BCUT2D eigenvalue weighted by molar-refractivity contribution is -0.135. The molecule has 0 aromatic carbocycles. The Balaban J connectivity index is 2.10. The Morgan fingerprint density at radius 2 is 2.25 bits per heavy atom. The zero-order chi connectivity index (χ0) is 14.4. The molecule has 20 heavy (non-hydrogen) atoms. The van der Waals surface area contributed by atoms with Crippen LogP contribution in [0.25, 0.3) is 0 Å². The van der Waals surface area contributed by atoms with Crippen molar-refractivity contribution in [3.05, 3.63) is 11.1 Å². The van der Waals surface area contributed by atoms with Crippen molar-refractivity contribution in [1.29, 1.82) is 0 Å². The van der Waals surface area contributed by atoms with Crippen molar-refractivity contribution < 1.29 is 14.4 Å². The molecule has 0 atom stereocenters. The molecular weight excluding hydrogens is 278 g/mol. The molecule has 1 aromatic rings. The number of aromatic nitrogens is 1. The van der Waals surface area contributed by atoms with Gasteiger partial charge in [-0.25, -0.2) is 9.78 Å². The molecule has 0 spiro atoms. The van der Waals surface area contributed by atoms with Crippen LogP contribution in [0.4, 0.5) is 5.13 Å². The fourth-order valence-corrected chi connectivity index (χ4v) is 2.63. The highest BCUT2D eigenvalue weighted by Crippen LogP contribution is 2.21. The van der Waals surface area contributed by atoms with Gasteiger partial charge in [-0.2, -0.15) is 0 Å². The largest absolute Gasteiger partial charge is 0.461 e. The maximum atomic E-state index is 11.9. The molecule has 1 aromatic heterocycles. The number of hydrogen-bond acceptors (Lipinski definition) is 7. The Labute approximate surface area is 122 Å². The number of hydrogen-bond donors (Lipinski definition) is 1. The molecule has 110 valence electrons. The second-order valence-electron chi connectivity index (χ2n) is 4.60. The summed E-state index contributed by atoms with van der Waals surface area (Å²) in [5.74, 6) is -0.534. The van der Waals surface area contributed by atoms with Crippen LogP contribution >= 0.6 is 11.3 Å². The monoisotopic (exact) mass is 297 g/mol. The van der Waals surface area contributed by atoms with Crippen molar-refractivity contribution in [2.24, 2.45) is 5.16 Å². The summed E-state index contributed by atoms with van der Waals surface area (Å²) in [6.07, 6.45) is 5.52. The number of esters is 1. The quantitative estimate of drug-likeness (QED) is 0.512. The van der Waals surface area contributed by atoms with Crippen LogP contribution in [0.3, 0.4) is 0 Å². The van der Waals surface area contributed by atoms with Crippen molar-refractivity contribution >= 4 is 28.1 Å². The molecule has 0 saturated heterocycles. The van der Waals surface area contributed by atoms with Crippen molar-refractivity contribution in [3.8, 4) is 0 Å². The number of nitrogens with zero attached hydrogens (tertiary/aromatic N) is 2. The maximum absolute atomic E-state index is 11.9. The van der Waals surface area contributed by atoms with Crippen LogP contribution in [-0.2, 0) is 14.4 Å². The summed E-state index contributed by atoms with van der Waals surface area (Å²) in [6.45, 7) is 2.02. The van der Waals surface area contributed by atoms with Gasteiger partial charge in [0.2, 0.25) is 5.71 Å². The fourth-order valence-electron chi connectivity index (χ4n) is 2.08. The maximum Gasteiger partial charge on any atom is 0.362 e. The standard InChI is InChI=1S/C13H19N3O3S/c1-2-18-12(17)11(10-8-20-13(14)15-10)16-19-9-6-4-3-5-7-9/h8-9H,2-7H2,1H3,(H2,14,15). The van der Waals surface area contributed by atoms with Crippen molar-refractivity contribution in [2.75, 3.05) is 12.3 Å². The molecule has 1 fully saturated rings. The first kappa shape index (κ1) is 14.8. The summed E-state index contributed by atoms with van der Waals surface area (Å²) < 4.78 is 4.98. The van der Waals surface area contributed by atoms with Gasteiger partial charge in [0.25, 0.3) is 0 Å². The van der Waals surface area contributed by atoms with Crippen LogP contribution in [0.2, 0.25) is 0 Å². The third-order valence-electron chi connectivity index (χ3n) is 3.08. The zero-order valence-corrected chi connectivity index (χ0v) is 12.3. The lowest BCUT2D eigenvalue weighted by Crippen LogP contribution is -2.22. The molecule has 7 heteroatoms. The molecule has 0 bridgehead atoms. The van der Waals surface area contributed by atoms with Crippen LogP contribution < -0.4 is 5.73 Å². The predicted molar refractivity (Wildman–Crippen MR) is 77.7 cm³/mol. The van der Waals surface area contributed by atoms with E-state index in [1.807, 2.05) is 0 Å². The molecule has 1 heterocycles. The van der Waals surface area contributed by atoms with Gasteiger partial charge in [0.1, 0.15) is 11.8 Å². The number of rotatable bonds is 5. The fraction of sp³-hybridized carbons (Fsp3) is 0.615. The Morgan fingerprint density at radius 3 is 2.85 bits per heavy atom. The zero-order valence-electron chi connectivity index (χ0n) is 11.5. The van der Waals surface area contributed by atoms with Gasteiger partial charge in [-0.3, -0.25) is 0 Å². The highest BCUT2D eigenvalue weighted by Gasteiger charge is 2.21. The van der Waals surface area contributed by atoms with E-state index in [0.717, 1.165) is 25.7 Å². The van der Waals surface area contributed by atoms with E-state index in [1.54, 1.807) is 12.3 Å². The Morgan fingerprint density at radius 1 is 1.50 bits per heavy atom. The molecule has 0 amide bonds. The van der Waals surface area contributed by atoms with Gasteiger partial charge in [-0.1, -0.05) is 11.6 Å². The highest BCUT2D eigenvalue weighted by atomic mass is 32.1. The number of anilines is 1. The predicted octanol–water partition coefficient (Wildman–Crippen LogP) is 2.34. The average Bonchev–Trinajstić information content (AvgIpc) is 2.87. The number of carbonyl (C=O) groups is 1. The van der Waals surface area contributed by atoms with Gasteiger partial charge in [0.15, 0.2) is 5.13 Å². The highest BCUT2D eigenvalue weighted by molar-refractivity contribution is 7.13. The Bertz CT molecular complexity index is 481. The molecule has 2 N–H and O–H groups in total. The average molecular weight is 297 g/mol. The number of oxime groups is 1. The smallest absolute Gasteiger partial charge is 0.362 e. The molecule has 2 rings (SSSR count). The third-order valence-corrected chi connectivity index (χ3v) is 3.75. The number of thiazole rings is 1. The number of carbonyl (C=O) groups excluding carboxylic acids is 1. The van der Waals surface area contributed by atoms with Crippen molar-refractivity contribution in [3.63, 3.8) is 0 Å². The van der Waals surface area contributed by atoms with Crippen molar-refractivity contribution in [1.82, 2.24) is 4.98 Å². The summed E-state index contributed by atoms with van der Waals surface area (Å²) in [5.41, 5.74) is 6.08. The molecule has 1 saturated carbocycles.